The first-order valence-corrected chi connectivity index (χ1v) is 12.1. The molecule has 2 aromatic heterocycles. The Balaban J connectivity index is 1.75. The summed E-state index contributed by atoms with van der Waals surface area (Å²) in [4.78, 5) is 19.9. The Labute approximate surface area is 198 Å². The third kappa shape index (κ3) is 5.71. The van der Waals surface area contributed by atoms with Crippen molar-refractivity contribution in [3.05, 3.63) is 75.8 Å². The van der Waals surface area contributed by atoms with Gasteiger partial charge in [0.1, 0.15) is 10.8 Å². The number of pyridine rings is 1. The minimum Gasteiger partial charge on any atom is -0.361 e. The monoisotopic (exact) mass is 472 g/mol. The molecule has 2 heterocycles. The first-order chi connectivity index (χ1) is 15.5. The Morgan fingerprint density at radius 2 is 1.94 bits per heavy atom. The van der Waals surface area contributed by atoms with E-state index < -0.39 is 0 Å². The summed E-state index contributed by atoms with van der Waals surface area (Å²) in [5, 5.41) is 8.49. The lowest BCUT2D eigenvalue weighted by Gasteiger charge is -2.31. The number of amides is 1. The average molecular weight is 473 g/mol. The van der Waals surface area contributed by atoms with E-state index in [4.69, 9.17) is 16.1 Å². The fraction of sp³-hybridized carbons (Fsp3) is 0.375. The maximum Gasteiger partial charge on any atom is 0.254 e. The second-order valence-electron chi connectivity index (χ2n) is 7.42. The molecule has 1 amide bonds. The zero-order valence-corrected chi connectivity index (χ0v) is 20.5. The van der Waals surface area contributed by atoms with E-state index in [2.05, 4.69) is 34.2 Å². The fourth-order valence-electron chi connectivity index (χ4n) is 3.66. The van der Waals surface area contributed by atoms with Gasteiger partial charge in [0.05, 0.1) is 17.3 Å². The number of hydrogen-bond acceptors (Lipinski definition) is 6. The first kappa shape index (κ1) is 24.3. The minimum absolute atomic E-state index is 0.0160. The van der Waals surface area contributed by atoms with Crippen molar-refractivity contribution in [2.24, 2.45) is 0 Å². The molecule has 0 aliphatic heterocycles. The quantitative estimate of drug-likeness (QED) is 0.396. The molecule has 1 aromatic carbocycles. The van der Waals surface area contributed by atoms with Gasteiger partial charge in [-0.3, -0.25) is 9.69 Å². The van der Waals surface area contributed by atoms with E-state index in [1.807, 2.05) is 38.1 Å². The normalized spacial score (nSPS) is 12.2. The first-order valence-electron chi connectivity index (χ1n) is 10.7. The molecule has 1 N–H and O–H groups in total. The lowest BCUT2D eigenvalue weighted by Crippen LogP contribution is -2.38. The molecule has 0 saturated carbocycles. The lowest BCUT2D eigenvalue weighted by atomic mass is 10.0. The van der Waals surface area contributed by atoms with Crippen LogP contribution in [0.4, 0.5) is 0 Å². The van der Waals surface area contributed by atoms with Crippen LogP contribution in [-0.2, 0) is 5.75 Å². The number of rotatable bonds is 10. The van der Waals surface area contributed by atoms with Gasteiger partial charge in [-0.05, 0) is 50.7 Å². The number of nitrogens with zero attached hydrogens (tertiary/aromatic N) is 3. The molecule has 0 saturated heterocycles. The Morgan fingerprint density at radius 3 is 2.59 bits per heavy atom. The van der Waals surface area contributed by atoms with E-state index >= 15 is 0 Å². The molecule has 0 spiro atoms. The molecule has 0 bridgehead atoms. The molecule has 0 aliphatic rings. The standard InChI is InChI=1S/C24H29ClN4O2S/c1-5-29(6-2)22(18-10-7-8-12-21(18)25)14-27-23(30)19-11-9-13-26-24(19)32-15-20-16(3)28-31-17(20)4/h7-13,22H,5-6,14-15H2,1-4H3,(H,27,30). The van der Waals surface area contributed by atoms with Crippen molar-refractivity contribution in [3.8, 4) is 0 Å². The summed E-state index contributed by atoms with van der Waals surface area (Å²) >= 11 is 7.99. The van der Waals surface area contributed by atoms with Crippen molar-refractivity contribution in [1.29, 1.82) is 0 Å². The van der Waals surface area contributed by atoms with Gasteiger partial charge >= 0.3 is 0 Å². The SMILES string of the molecule is CCN(CC)C(CNC(=O)c1cccnc1SCc1c(C)noc1C)c1ccccc1Cl. The molecule has 3 aromatic rings. The number of hydrogen-bond donors (Lipinski definition) is 1. The Morgan fingerprint density at radius 1 is 1.19 bits per heavy atom. The summed E-state index contributed by atoms with van der Waals surface area (Å²) in [6.07, 6.45) is 1.70. The van der Waals surface area contributed by atoms with Gasteiger partial charge in [0.25, 0.3) is 5.91 Å². The summed E-state index contributed by atoms with van der Waals surface area (Å²) in [7, 11) is 0. The molecule has 170 valence electrons. The summed E-state index contributed by atoms with van der Waals surface area (Å²) in [6, 6.07) is 11.4. The van der Waals surface area contributed by atoms with Crippen molar-refractivity contribution < 1.29 is 9.32 Å². The number of carbonyl (C=O) groups excluding carboxylic acids is 1. The van der Waals surface area contributed by atoms with E-state index in [-0.39, 0.29) is 11.9 Å². The van der Waals surface area contributed by atoms with Gasteiger partial charge in [0.2, 0.25) is 0 Å². The second kappa shape index (κ2) is 11.5. The van der Waals surface area contributed by atoms with E-state index in [1.165, 1.54) is 11.8 Å². The Bertz CT molecular complexity index is 1030. The van der Waals surface area contributed by atoms with Gasteiger partial charge in [0, 0.05) is 29.1 Å². The van der Waals surface area contributed by atoms with Gasteiger partial charge in [-0.15, -0.1) is 11.8 Å². The number of nitrogens with one attached hydrogen (secondary N) is 1. The predicted molar refractivity (Wildman–Crippen MR) is 129 cm³/mol. The van der Waals surface area contributed by atoms with Crippen LogP contribution in [0, 0.1) is 13.8 Å². The number of aryl methyl sites for hydroxylation is 2. The number of likely N-dealkylation sites (N-methyl/N-ethyl adjacent to an activating group) is 1. The number of benzene rings is 1. The summed E-state index contributed by atoms with van der Waals surface area (Å²) in [6.45, 7) is 10.2. The summed E-state index contributed by atoms with van der Waals surface area (Å²) < 4.78 is 5.24. The second-order valence-corrected chi connectivity index (χ2v) is 8.79. The summed E-state index contributed by atoms with van der Waals surface area (Å²) in [5.41, 5.74) is 3.46. The molecule has 6 nitrogen and oxygen atoms in total. The maximum absolute atomic E-state index is 13.1. The Kier molecular flexibility index (Phi) is 8.73. The molecular weight excluding hydrogens is 444 g/mol. The van der Waals surface area contributed by atoms with Crippen molar-refractivity contribution in [1.82, 2.24) is 20.4 Å². The van der Waals surface area contributed by atoms with Crippen LogP contribution >= 0.6 is 23.4 Å². The average Bonchev–Trinajstić information content (AvgIpc) is 3.13. The Hall–Kier alpha value is -2.35. The molecule has 3 rings (SSSR count). The van der Waals surface area contributed by atoms with Crippen molar-refractivity contribution in [2.45, 2.75) is 44.5 Å². The molecule has 8 heteroatoms. The van der Waals surface area contributed by atoms with Crippen molar-refractivity contribution in [3.63, 3.8) is 0 Å². The third-order valence-corrected chi connectivity index (χ3v) is 6.90. The molecule has 32 heavy (non-hydrogen) atoms. The van der Waals surface area contributed by atoms with Gasteiger partial charge in [-0.2, -0.15) is 0 Å². The van der Waals surface area contributed by atoms with E-state index in [1.54, 1.807) is 18.3 Å². The smallest absolute Gasteiger partial charge is 0.254 e. The van der Waals surface area contributed by atoms with Crippen LogP contribution in [0.25, 0.3) is 0 Å². The van der Waals surface area contributed by atoms with Crippen LogP contribution in [0.5, 0.6) is 0 Å². The number of aromatic nitrogens is 2. The zero-order chi connectivity index (χ0) is 23.1. The highest BCUT2D eigenvalue weighted by molar-refractivity contribution is 7.98. The highest BCUT2D eigenvalue weighted by atomic mass is 35.5. The molecule has 1 unspecified atom stereocenters. The molecular formula is C24H29ClN4O2S. The van der Waals surface area contributed by atoms with Crippen molar-refractivity contribution in [2.75, 3.05) is 19.6 Å². The lowest BCUT2D eigenvalue weighted by molar-refractivity contribution is 0.0931. The highest BCUT2D eigenvalue weighted by Crippen LogP contribution is 2.29. The van der Waals surface area contributed by atoms with Gasteiger partial charge < -0.3 is 9.84 Å². The topological polar surface area (TPSA) is 71.3 Å². The largest absolute Gasteiger partial charge is 0.361 e. The molecule has 0 fully saturated rings. The van der Waals surface area contributed by atoms with E-state index in [9.17, 15) is 4.79 Å². The maximum atomic E-state index is 13.1. The number of halogens is 1. The van der Waals surface area contributed by atoms with Crippen LogP contribution < -0.4 is 5.32 Å². The van der Waals surface area contributed by atoms with Crippen LogP contribution in [0.3, 0.4) is 0 Å². The van der Waals surface area contributed by atoms with Gasteiger partial charge in [-0.25, -0.2) is 4.98 Å². The predicted octanol–water partition coefficient (Wildman–Crippen LogP) is 5.45. The number of carbonyl (C=O) groups is 1. The third-order valence-electron chi connectivity index (χ3n) is 5.52. The summed E-state index contributed by atoms with van der Waals surface area (Å²) in [5.74, 6) is 1.28. The van der Waals surface area contributed by atoms with Crippen LogP contribution in [0.1, 0.15) is 52.8 Å². The van der Waals surface area contributed by atoms with Gasteiger partial charge in [0.15, 0.2) is 0 Å². The van der Waals surface area contributed by atoms with Gasteiger partial charge in [-0.1, -0.05) is 48.8 Å². The van der Waals surface area contributed by atoms with E-state index in [0.717, 1.165) is 35.7 Å². The molecule has 1 atom stereocenters. The van der Waals surface area contributed by atoms with E-state index in [0.29, 0.717) is 27.9 Å². The van der Waals surface area contributed by atoms with Crippen LogP contribution in [-0.4, -0.2) is 40.6 Å². The molecule has 0 aliphatic carbocycles. The van der Waals surface area contributed by atoms with Crippen LogP contribution in [0.2, 0.25) is 5.02 Å². The zero-order valence-electron chi connectivity index (χ0n) is 18.9. The number of thioether (sulfide) groups is 1. The van der Waals surface area contributed by atoms with Crippen LogP contribution in [0.15, 0.2) is 52.1 Å². The minimum atomic E-state index is -0.149. The fourth-order valence-corrected chi connectivity index (χ4v) is 5.06. The van der Waals surface area contributed by atoms with Crippen molar-refractivity contribution >= 4 is 29.3 Å². The molecule has 0 radical (unpaired) electrons. The highest BCUT2D eigenvalue weighted by Gasteiger charge is 2.22.